The van der Waals surface area contributed by atoms with Gasteiger partial charge in [-0.25, -0.2) is 4.98 Å². The fourth-order valence-electron chi connectivity index (χ4n) is 2.34. The van der Waals surface area contributed by atoms with Gasteiger partial charge >= 0.3 is 0 Å². The average molecular weight is 281 g/mol. The van der Waals surface area contributed by atoms with E-state index in [1.807, 2.05) is 29.0 Å². The molecule has 5 heteroatoms. The zero-order valence-corrected chi connectivity index (χ0v) is 11.7. The minimum absolute atomic E-state index is 0.100. The Hall–Kier alpha value is -2.40. The highest BCUT2D eigenvalue weighted by molar-refractivity contribution is 6.08. The van der Waals surface area contributed by atoms with Gasteiger partial charge in [0.1, 0.15) is 0 Å². The number of rotatable bonds is 7. The van der Waals surface area contributed by atoms with Gasteiger partial charge in [0.05, 0.1) is 18.4 Å². The average Bonchev–Trinajstić information content (AvgIpc) is 3.16. The monoisotopic (exact) mass is 281 g/mol. The Balaban J connectivity index is 1.48. The van der Waals surface area contributed by atoms with Gasteiger partial charge in [-0.1, -0.05) is 18.2 Å². The SMILES string of the molecule is O=C(CNCCCn1ccnc1)c1c[nH]c2[c]cccc12. The van der Waals surface area contributed by atoms with Crippen molar-refractivity contribution in [3.63, 3.8) is 0 Å². The number of benzene rings is 1. The summed E-state index contributed by atoms with van der Waals surface area (Å²) in [5.74, 6) is 0.100. The minimum atomic E-state index is 0.100. The summed E-state index contributed by atoms with van der Waals surface area (Å²) in [5.41, 5.74) is 1.60. The molecule has 0 atom stereocenters. The number of ketones is 1. The first-order valence-electron chi connectivity index (χ1n) is 7.02. The van der Waals surface area contributed by atoms with Crippen molar-refractivity contribution in [1.82, 2.24) is 19.9 Å². The van der Waals surface area contributed by atoms with Crippen LogP contribution in [0, 0.1) is 6.07 Å². The number of hydrogen-bond acceptors (Lipinski definition) is 3. The largest absolute Gasteiger partial charge is 0.360 e. The molecule has 2 aromatic heterocycles. The quantitative estimate of drug-likeness (QED) is 0.514. The van der Waals surface area contributed by atoms with Crippen LogP contribution in [0.15, 0.2) is 43.1 Å². The van der Waals surface area contributed by atoms with Crippen LogP contribution in [0.5, 0.6) is 0 Å². The van der Waals surface area contributed by atoms with Crippen LogP contribution in [-0.4, -0.2) is 33.4 Å². The number of aryl methyl sites for hydroxylation is 1. The fourth-order valence-corrected chi connectivity index (χ4v) is 2.34. The summed E-state index contributed by atoms with van der Waals surface area (Å²) < 4.78 is 2.03. The molecule has 2 heterocycles. The third-order valence-corrected chi connectivity index (χ3v) is 3.42. The van der Waals surface area contributed by atoms with Gasteiger partial charge in [0.25, 0.3) is 0 Å². The highest BCUT2D eigenvalue weighted by Gasteiger charge is 2.10. The summed E-state index contributed by atoms with van der Waals surface area (Å²) in [6.07, 6.45) is 8.23. The Morgan fingerprint density at radius 1 is 1.48 bits per heavy atom. The highest BCUT2D eigenvalue weighted by Crippen LogP contribution is 2.17. The van der Waals surface area contributed by atoms with Gasteiger partial charge in [-0.2, -0.15) is 0 Å². The Morgan fingerprint density at radius 3 is 3.29 bits per heavy atom. The lowest BCUT2D eigenvalue weighted by atomic mass is 10.1. The predicted octanol–water partition coefficient (Wildman–Crippen LogP) is 2.03. The number of aromatic amines is 1. The summed E-state index contributed by atoms with van der Waals surface area (Å²) >= 11 is 0. The van der Waals surface area contributed by atoms with Gasteiger partial charge < -0.3 is 14.9 Å². The molecule has 0 saturated carbocycles. The summed E-state index contributed by atoms with van der Waals surface area (Å²) in [4.78, 5) is 19.3. The van der Waals surface area contributed by atoms with Crippen LogP contribution >= 0.6 is 0 Å². The molecule has 0 spiro atoms. The fraction of sp³-hybridized carbons (Fsp3) is 0.250. The number of imidazole rings is 1. The van der Waals surface area contributed by atoms with Gasteiger partial charge in [0, 0.05) is 42.2 Å². The number of Topliss-reactive ketones (excluding diaryl/α,β-unsaturated/α-hetero) is 1. The first kappa shape index (κ1) is 13.6. The van der Waals surface area contributed by atoms with Crippen LogP contribution in [0.1, 0.15) is 16.8 Å². The molecule has 3 rings (SSSR count). The molecule has 0 aliphatic carbocycles. The van der Waals surface area contributed by atoms with E-state index in [-0.39, 0.29) is 5.78 Å². The summed E-state index contributed by atoms with van der Waals surface area (Å²) in [5, 5.41) is 4.13. The summed E-state index contributed by atoms with van der Waals surface area (Å²) in [6, 6.07) is 8.75. The van der Waals surface area contributed by atoms with Crippen molar-refractivity contribution in [3.8, 4) is 0 Å². The zero-order valence-electron chi connectivity index (χ0n) is 11.7. The van der Waals surface area contributed by atoms with E-state index in [1.54, 1.807) is 18.7 Å². The number of fused-ring (bicyclic) bond motifs is 1. The summed E-state index contributed by atoms with van der Waals surface area (Å²) in [6.45, 7) is 2.06. The molecule has 0 unspecified atom stereocenters. The first-order valence-corrected chi connectivity index (χ1v) is 7.02. The van der Waals surface area contributed by atoms with Gasteiger partial charge in [0.2, 0.25) is 0 Å². The standard InChI is InChI=1S/C16H17N4O/c21-16(11-17-6-3-8-20-9-7-18-12-20)14-10-19-15-5-2-1-4-13(14)15/h1-2,4,7,9-10,12,17,19H,3,6,8,11H2. The van der Waals surface area contributed by atoms with Crippen LogP contribution in [0.3, 0.4) is 0 Å². The minimum Gasteiger partial charge on any atom is -0.360 e. The van der Waals surface area contributed by atoms with E-state index in [0.29, 0.717) is 6.54 Å². The summed E-state index contributed by atoms with van der Waals surface area (Å²) in [7, 11) is 0. The molecule has 1 aromatic carbocycles. The second kappa shape index (κ2) is 6.37. The van der Waals surface area contributed by atoms with Gasteiger partial charge in [-0.15, -0.1) is 0 Å². The number of carbonyl (C=O) groups is 1. The molecule has 0 fully saturated rings. The lowest BCUT2D eigenvalue weighted by Crippen LogP contribution is -2.24. The molecular formula is C16H17N4O. The maximum atomic E-state index is 12.2. The smallest absolute Gasteiger partial charge is 0.178 e. The van der Waals surface area contributed by atoms with Crippen LogP contribution in [0.4, 0.5) is 0 Å². The van der Waals surface area contributed by atoms with E-state index in [9.17, 15) is 4.79 Å². The van der Waals surface area contributed by atoms with E-state index in [2.05, 4.69) is 21.4 Å². The Morgan fingerprint density at radius 2 is 2.43 bits per heavy atom. The number of hydrogen-bond donors (Lipinski definition) is 2. The van der Waals surface area contributed by atoms with Crippen molar-refractivity contribution >= 4 is 16.7 Å². The van der Waals surface area contributed by atoms with Crippen molar-refractivity contribution in [2.24, 2.45) is 0 Å². The van der Waals surface area contributed by atoms with Gasteiger partial charge in [-0.3, -0.25) is 4.79 Å². The molecule has 0 bridgehead atoms. The lowest BCUT2D eigenvalue weighted by molar-refractivity contribution is 0.0992. The van der Waals surface area contributed by atoms with E-state index in [1.165, 1.54) is 0 Å². The Kier molecular flexibility index (Phi) is 4.12. The normalized spacial score (nSPS) is 11.0. The highest BCUT2D eigenvalue weighted by atomic mass is 16.1. The molecule has 0 amide bonds. The molecule has 0 aliphatic rings. The molecule has 0 aliphatic heterocycles. The Labute approximate surface area is 123 Å². The topological polar surface area (TPSA) is 62.7 Å². The molecular weight excluding hydrogens is 264 g/mol. The van der Waals surface area contributed by atoms with Crippen molar-refractivity contribution in [3.05, 3.63) is 54.7 Å². The number of nitrogens with one attached hydrogen (secondary N) is 2. The first-order chi connectivity index (χ1) is 10.3. The van der Waals surface area contributed by atoms with Crippen LogP contribution in [-0.2, 0) is 6.54 Å². The second-order valence-electron chi connectivity index (χ2n) is 4.92. The number of nitrogens with zero attached hydrogens (tertiary/aromatic N) is 2. The molecule has 21 heavy (non-hydrogen) atoms. The van der Waals surface area contributed by atoms with Crippen LogP contribution in [0.2, 0.25) is 0 Å². The van der Waals surface area contributed by atoms with E-state index in [4.69, 9.17) is 0 Å². The van der Waals surface area contributed by atoms with Crippen molar-refractivity contribution in [2.45, 2.75) is 13.0 Å². The van der Waals surface area contributed by atoms with Crippen LogP contribution < -0.4 is 5.32 Å². The van der Waals surface area contributed by atoms with Crippen molar-refractivity contribution in [1.29, 1.82) is 0 Å². The van der Waals surface area contributed by atoms with Crippen LogP contribution in [0.25, 0.3) is 10.9 Å². The maximum Gasteiger partial charge on any atom is 0.178 e. The van der Waals surface area contributed by atoms with E-state index < -0.39 is 0 Å². The predicted molar refractivity (Wildman–Crippen MR) is 81.2 cm³/mol. The van der Waals surface area contributed by atoms with Crippen molar-refractivity contribution < 1.29 is 4.79 Å². The van der Waals surface area contributed by atoms with Crippen molar-refractivity contribution in [2.75, 3.05) is 13.1 Å². The maximum absolute atomic E-state index is 12.2. The number of H-pyrrole nitrogens is 1. The molecule has 1 radical (unpaired) electrons. The van der Waals surface area contributed by atoms with E-state index >= 15 is 0 Å². The molecule has 3 aromatic rings. The number of para-hydroxylation sites is 1. The van der Waals surface area contributed by atoms with Gasteiger partial charge in [0.15, 0.2) is 5.78 Å². The van der Waals surface area contributed by atoms with Gasteiger partial charge in [-0.05, 0) is 13.0 Å². The Bertz CT molecular complexity index is 715. The number of carbonyl (C=O) groups excluding carboxylic acids is 1. The zero-order chi connectivity index (χ0) is 14.5. The second-order valence-corrected chi connectivity index (χ2v) is 4.92. The van der Waals surface area contributed by atoms with E-state index in [0.717, 1.165) is 36.0 Å². The lowest BCUT2D eigenvalue weighted by Gasteiger charge is -2.04. The number of aromatic nitrogens is 3. The molecule has 2 N–H and O–H groups in total. The third-order valence-electron chi connectivity index (χ3n) is 3.42. The third kappa shape index (κ3) is 3.20. The molecule has 0 saturated heterocycles. The molecule has 107 valence electrons. The molecule has 5 nitrogen and oxygen atoms in total.